The van der Waals surface area contributed by atoms with Crippen molar-refractivity contribution in [1.82, 2.24) is 4.31 Å². The number of nitrogens with one attached hydrogen (secondary N) is 1. The Morgan fingerprint density at radius 3 is 2.45 bits per heavy atom. The third-order valence-corrected chi connectivity index (χ3v) is 8.08. The normalized spacial score (nSPS) is 17.9. The van der Waals surface area contributed by atoms with E-state index >= 15 is 0 Å². The van der Waals surface area contributed by atoms with Crippen LogP contribution in [0.4, 0.5) is 5.69 Å². The van der Waals surface area contributed by atoms with Crippen LogP contribution in [0.1, 0.15) is 60.2 Å². The highest BCUT2D eigenvalue weighted by atomic mass is 32.2. The molecule has 1 aliphatic heterocycles. The first-order valence-electron chi connectivity index (χ1n) is 11.2. The van der Waals surface area contributed by atoms with Gasteiger partial charge in [0, 0.05) is 18.3 Å². The van der Waals surface area contributed by atoms with E-state index in [9.17, 15) is 18.0 Å². The van der Waals surface area contributed by atoms with Crippen LogP contribution in [0.2, 0.25) is 0 Å². The summed E-state index contributed by atoms with van der Waals surface area (Å²) in [4.78, 5) is 25.5. The summed E-state index contributed by atoms with van der Waals surface area (Å²) in [5.74, 6) is -1.20. The number of amides is 1. The van der Waals surface area contributed by atoms with Crippen molar-refractivity contribution in [2.45, 2.75) is 70.9 Å². The van der Waals surface area contributed by atoms with Crippen molar-refractivity contribution >= 4 is 27.6 Å². The highest BCUT2D eigenvalue weighted by Crippen LogP contribution is 2.27. The van der Waals surface area contributed by atoms with Gasteiger partial charge in [-0.1, -0.05) is 30.2 Å². The SMILES string of the molecule is Cc1ccc(NC(=O)C(C)OC(=O)c2cc(S(=O)(=O)N3CCCCC3C)ccc2C)c(C)c1. The highest BCUT2D eigenvalue weighted by Gasteiger charge is 2.32. The van der Waals surface area contributed by atoms with Crippen LogP contribution in [0.25, 0.3) is 0 Å². The molecule has 2 aromatic carbocycles. The lowest BCUT2D eigenvalue weighted by Gasteiger charge is -2.32. The minimum Gasteiger partial charge on any atom is -0.449 e. The van der Waals surface area contributed by atoms with Gasteiger partial charge in [0.1, 0.15) is 0 Å². The van der Waals surface area contributed by atoms with Crippen molar-refractivity contribution in [2.24, 2.45) is 0 Å². The Balaban J connectivity index is 1.76. The third kappa shape index (κ3) is 5.62. The van der Waals surface area contributed by atoms with E-state index in [0.717, 1.165) is 30.4 Å². The summed E-state index contributed by atoms with van der Waals surface area (Å²) in [7, 11) is -3.73. The predicted octanol–water partition coefficient (Wildman–Crippen LogP) is 4.36. The lowest BCUT2D eigenvalue weighted by atomic mass is 10.1. The van der Waals surface area contributed by atoms with Crippen molar-refractivity contribution < 1.29 is 22.7 Å². The molecule has 2 aromatic rings. The summed E-state index contributed by atoms with van der Waals surface area (Å²) in [6.45, 7) is 9.41. The lowest BCUT2D eigenvalue weighted by molar-refractivity contribution is -0.123. The Morgan fingerprint density at radius 1 is 1.06 bits per heavy atom. The van der Waals surface area contributed by atoms with Gasteiger partial charge in [-0.3, -0.25) is 4.79 Å². The molecular formula is C25H32N2O5S. The molecule has 8 heteroatoms. The lowest BCUT2D eigenvalue weighted by Crippen LogP contribution is -2.42. The number of hydrogen-bond donors (Lipinski definition) is 1. The summed E-state index contributed by atoms with van der Waals surface area (Å²) in [6.07, 6.45) is 1.57. The van der Waals surface area contributed by atoms with Crippen LogP contribution >= 0.6 is 0 Å². The first kappa shape index (κ1) is 24.9. The average molecular weight is 473 g/mol. The monoisotopic (exact) mass is 472 g/mol. The molecule has 1 saturated heterocycles. The van der Waals surface area contributed by atoms with Gasteiger partial charge >= 0.3 is 5.97 Å². The Morgan fingerprint density at radius 2 is 1.79 bits per heavy atom. The zero-order valence-corrected chi connectivity index (χ0v) is 20.7. The van der Waals surface area contributed by atoms with Crippen LogP contribution in [0.15, 0.2) is 41.3 Å². The van der Waals surface area contributed by atoms with E-state index < -0.39 is 28.0 Å². The number of sulfonamides is 1. The van der Waals surface area contributed by atoms with E-state index in [4.69, 9.17) is 4.74 Å². The van der Waals surface area contributed by atoms with Crippen LogP contribution in [0, 0.1) is 20.8 Å². The summed E-state index contributed by atoms with van der Waals surface area (Å²) in [6, 6.07) is 10.0. The summed E-state index contributed by atoms with van der Waals surface area (Å²) in [5.41, 5.74) is 3.34. The molecule has 2 unspecified atom stereocenters. The van der Waals surface area contributed by atoms with Gasteiger partial charge in [0.25, 0.3) is 5.91 Å². The maximum Gasteiger partial charge on any atom is 0.339 e. The number of carbonyl (C=O) groups is 2. The average Bonchev–Trinajstić information content (AvgIpc) is 2.75. The van der Waals surface area contributed by atoms with Crippen molar-refractivity contribution in [3.8, 4) is 0 Å². The van der Waals surface area contributed by atoms with Crippen molar-refractivity contribution in [2.75, 3.05) is 11.9 Å². The minimum absolute atomic E-state index is 0.0567. The van der Waals surface area contributed by atoms with Gasteiger partial charge in [-0.15, -0.1) is 0 Å². The van der Waals surface area contributed by atoms with Gasteiger partial charge in [0.05, 0.1) is 10.5 Å². The highest BCUT2D eigenvalue weighted by molar-refractivity contribution is 7.89. The molecule has 1 fully saturated rings. The number of hydrogen-bond acceptors (Lipinski definition) is 5. The van der Waals surface area contributed by atoms with Gasteiger partial charge in [-0.25, -0.2) is 13.2 Å². The van der Waals surface area contributed by atoms with Gasteiger partial charge in [0.15, 0.2) is 6.10 Å². The Kier molecular flexibility index (Phi) is 7.59. The van der Waals surface area contributed by atoms with Crippen molar-refractivity contribution in [3.05, 3.63) is 58.7 Å². The standard InChI is InChI=1S/C25H32N2O5S/c1-16-9-12-23(18(3)14-16)26-24(28)20(5)32-25(29)22-15-21(11-10-17(22)2)33(30,31)27-13-7-6-8-19(27)4/h9-12,14-15,19-20H,6-8,13H2,1-5H3,(H,26,28). The molecule has 178 valence electrons. The first-order chi connectivity index (χ1) is 15.5. The second kappa shape index (κ2) is 10.1. The van der Waals surface area contributed by atoms with E-state index in [1.807, 2.05) is 32.9 Å². The summed E-state index contributed by atoms with van der Waals surface area (Å²) >= 11 is 0. The third-order valence-electron chi connectivity index (χ3n) is 6.07. The van der Waals surface area contributed by atoms with Gasteiger partial charge in [0.2, 0.25) is 10.0 Å². The first-order valence-corrected chi connectivity index (χ1v) is 12.7. The predicted molar refractivity (Wildman–Crippen MR) is 128 cm³/mol. The number of nitrogens with zero attached hydrogens (tertiary/aromatic N) is 1. The molecule has 33 heavy (non-hydrogen) atoms. The fraction of sp³-hybridized carbons (Fsp3) is 0.440. The van der Waals surface area contributed by atoms with E-state index in [0.29, 0.717) is 17.8 Å². The number of esters is 1. The molecule has 7 nitrogen and oxygen atoms in total. The second-order valence-electron chi connectivity index (χ2n) is 8.79. The molecule has 0 aromatic heterocycles. The molecule has 0 bridgehead atoms. The molecule has 0 spiro atoms. The number of carbonyl (C=O) groups excluding carboxylic acids is 2. The molecule has 3 rings (SSSR count). The van der Waals surface area contributed by atoms with E-state index in [-0.39, 0.29) is 16.5 Å². The quantitative estimate of drug-likeness (QED) is 0.631. The molecule has 1 amide bonds. The molecule has 0 radical (unpaired) electrons. The number of piperidine rings is 1. The second-order valence-corrected chi connectivity index (χ2v) is 10.7. The molecule has 1 aliphatic rings. The molecular weight excluding hydrogens is 440 g/mol. The van der Waals surface area contributed by atoms with Crippen LogP contribution in [0.5, 0.6) is 0 Å². The number of ether oxygens (including phenoxy) is 1. The Labute approximate surface area is 196 Å². The van der Waals surface area contributed by atoms with E-state index in [1.165, 1.54) is 23.4 Å². The number of benzene rings is 2. The van der Waals surface area contributed by atoms with Crippen LogP contribution in [-0.4, -0.2) is 43.3 Å². The number of anilines is 1. The molecule has 2 atom stereocenters. The van der Waals surface area contributed by atoms with E-state index in [2.05, 4.69) is 5.32 Å². The van der Waals surface area contributed by atoms with Crippen LogP contribution < -0.4 is 5.32 Å². The molecule has 0 saturated carbocycles. The number of rotatable bonds is 6. The smallest absolute Gasteiger partial charge is 0.339 e. The summed E-state index contributed by atoms with van der Waals surface area (Å²) < 4.78 is 33.3. The molecule has 1 N–H and O–H groups in total. The van der Waals surface area contributed by atoms with Crippen molar-refractivity contribution in [3.63, 3.8) is 0 Å². The Hall–Kier alpha value is -2.71. The zero-order valence-electron chi connectivity index (χ0n) is 19.8. The Bertz CT molecular complexity index is 1160. The minimum atomic E-state index is -3.73. The van der Waals surface area contributed by atoms with Crippen molar-refractivity contribution in [1.29, 1.82) is 0 Å². The van der Waals surface area contributed by atoms with Gasteiger partial charge in [-0.2, -0.15) is 4.31 Å². The number of aryl methyl sites for hydroxylation is 3. The van der Waals surface area contributed by atoms with E-state index in [1.54, 1.807) is 19.1 Å². The maximum absolute atomic E-state index is 13.2. The fourth-order valence-electron chi connectivity index (χ4n) is 4.01. The van der Waals surface area contributed by atoms with Crippen LogP contribution in [0.3, 0.4) is 0 Å². The molecule has 0 aliphatic carbocycles. The summed E-state index contributed by atoms with van der Waals surface area (Å²) in [5, 5.41) is 2.77. The fourth-order valence-corrected chi connectivity index (χ4v) is 5.74. The maximum atomic E-state index is 13.2. The van der Waals surface area contributed by atoms with Crippen LogP contribution in [-0.2, 0) is 19.6 Å². The van der Waals surface area contributed by atoms with Gasteiger partial charge in [-0.05, 0) is 76.8 Å². The largest absolute Gasteiger partial charge is 0.449 e. The zero-order chi connectivity index (χ0) is 24.3. The van der Waals surface area contributed by atoms with Gasteiger partial charge < -0.3 is 10.1 Å². The molecule has 1 heterocycles. The topological polar surface area (TPSA) is 92.8 Å².